The summed E-state index contributed by atoms with van der Waals surface area (Å²) in [7, 11) is 0. The molecule has 8 aromatic carbocycles. The third-order valence-corrected chi connectivity index (χ3v) is 19.6. The van der Waals surface area contributed by atoms with Crippen LogP contribution >= 0.6 is 0 Å². The standard InChI is InChI=1S/C73H72BN3/c1-69(2,3)53-35-37-62(56(42-53)50-28-17-12-18-29-50)76-65-46-59-58(70(4,5)47-71(59,6)7)45-61(65)74-60-36-34-52(49-26-15-11-16-27-49)41-64(60)75(54-31-23-30-51(40-54)48-24-13-10-14-25-48)66-43-55(44-67(76)68(66)74)77-63-33-20-19-32-57(63)72(8)38-21-22-39-73(72,77)9/h10-20,23-26,28-37,40-46,49H,21-22,27,38-39,47H2,1-9H3. The Morgan fingerprint density at radius 3 is 1.91 bits per heavy atom. The Balaban J connectivity index is 1.14. The van der Waals surface area contributed by atoms with Gasteiger partial charge in [0, 0.05) is 56.7 Å². The average molecular weight is 1000 g/mol. The molecule has 0 aromatic heterocycles. The van der Waals surface area contributed by atoms with E-state index in [1.54, 1.807) is 0 Å². The maximum atomic E-state index is 2.82. The van der Waals surface area contributed by atoms with Crippen molar-refractivity contribution in [1.82, 2.24) is 0 Å². The molecule has 3 unspecified atom stereocenters. The zero-order valence-electron chi connectivity index (χ0n) is 46.7. The third kappa shape index (κ3) is 7.22. The van der Waals surface area contributed by atoms with Crippen molar-refractivity contribution in [2.75, 3.05) is 14.7 Å². The Hall–Kier alpha value is -7.30. The molecule has 3 atom stereocenters. The number of benzene rings is 8. The lowest BCUT2D eigenvalue weighted by molar-refractivity contribution is 0.195. The van der Waals surface area contributed by atoms with Crippen LogP contribution in [0, 0.1) is 0 Å². The molecule has 0 spiro atoms. The van der Waals surface area contributed by atoms with Crippen LogP contribution in [0.3, 0.4) is 0 Å². The molecule has 0 bridgehead atoms. The van der Waals surface area contributed by atoms with Crippen LogP contribution in [0.2, 0.25) is 0 Å². The maximum absolute atomic E-state index is 2.82. The number of allylic oxidation sites excluding steroid dienone is 4. The third-order valence-electron chi connectivity index (χ3n) is 19.6. The largest absolute Gasteiger partial charge is 0.334 e. The van der Waals surface area contributed by atoms with Gasteiger partial charge in [-0.2, -0.15) is 0 Å². The van der Waals surface area contributed by atoms with E-state index in [0.717, 1.165) is 19.3 Å². The SMILES string of the molecule is CC(C)(C)c1ccc(N2c3cc4c(cc3B3c5ccc(C6C=CC=CC6)cc5N(c5cccc(-c6ccccc6)c5)c5cc(N6c7ccccc7C7(C)CCCCC67C)cc2c53)C(C)(C)CC4(C)C)c(-c2ccccc2)c1. The van der Waals surface area contributed by atoms with Gasteiger partial charge in [0.1, 0.15) is 0 Å². The molecule has 382 valence electrons. The lowest BCUT2D eigenvalue weighted by atomic mass is 9.33. The van der Waals surface area contributed by atoms with Gasteiger partial charge in [0.05, 0.1) is 11.2 Å². The molecule has 1 fully saturated rings. The van der Waals surface area contributed by atoms with E-state index < -0.39 is 0 Å². The summed E-state index contributed by atoms with van der Waals surface area (Å²) in [6.07, 6.45) is 16.0. The average Bonchev–Trinajstić information content (AvgIpc) is 3.95. The van der Waals surface area contributed by atoms with Crippen LogP contribution in [0.25, 0.3) is 22.3 Å². The Morgan fingerprint density at radius 1 is 0.494 bits per heavy atom. The molecule has 3 heterocycles. The Morgan fingerprint density at radius 2 is 1.17 bits per heavy atom. The summed E-state index contributed by atoms with van der Waals surface area (Å²) in [6, 6.07) is 66.5. The summed E-state index contributed by atoms with van der Waals surface area (Å²) in [6.45, 7) is 22.1. The number of para-hydroxylation sites is 1. The van der Waals surface area contributed by atoms with E-state index in [2.05, 4.69) is 271 Å². The molecule has 77 heavy (non-hydrogen) atoms. The van der Waals surface area contributed by atoms with E-state index in [0.29, 0.717) is 5.92 Å². The van der Waals surface area contributed by atoms with E-state index in [-0.39, 0.29) is 33.9 Å². The predicted molar refractivity (Wildman–Crippen MR) is 329 cm³/mol. The molecule has 0 amide bonds. The van der Waals surface area contributed by atoms with Gasteiger partial charge in [-0.05, 0) is 164 Å². The number of fused-ring (bicyclic) bond motifs is 8. The second-order valence-corrected chi connectivity index (χ2v) is 26.3. The number of hydrogen-bond acceptors (Lipinski definition) is 3. The molecule has 1 saturated carbocycles. The van der Waals surface area contributed by atoms with Crippen molar-refractivity contribution in [2.45, 2.75) is 134 Å². The molecule has 4 heteroatoms. The maximum Gasteiger partial charge on any atom is 0.252 e. The van der Waals surface area contributed by atoms with Crippen LogP contribution in [-0.2, 0) is 21.7 Å². The van der Waals surface area contributed by atoms with Gasteiger partial charge in [0.25, 0.3) is 6.71 Å². The second-order valence-electron chi connectivity index (χ2n) is 26.3. The fourth-order valence-electron chi connectivity index (χ4n) is 15.8. The molecule has 3 nitrogen and oxygen atoms in total. The van der Waals surface area contributed by atoms with Crippen molar-refractivity contribution in [3.8, 4) is 22.3 Å². The Bertz CT molecular complexity index is 3760. The number of nitrogens with zero attached hydrogens (tertiary/aromatic N) is 3. The van der Waals surface area contributed by atoms with Gasteiger partial charge >= 0.3 is 0 Å². The smallest absolute Gasteiger partial charge is 0.252 e. The van der Waals surface area contributed by atoms with Crippen molar-refractivity contribution in [2.24, 2.45) is 0 Å². The molecule has 0 radical (unpaired) electrons. The molecule has 8 aromatic rings. The van der Waals surface area contributed by atoms with Crippen molar-refractivity contribution >= 4 is 68.6 Å². The first-order valence-corrected chi connectivity index (χ1v) is 28.7. The lowest BCUT2D eigenvalue weighted by Crippen LogP contribution is -2.62. The van der Waals surface area contributed by atoms with Gasteiger partial charge in [-0.3, -0.25) is 0 Å². The summed E-state index contributed by atoms with van der Waals surface area (Å²) in [5.74, 6) is 0.295. The van der Waals surface area contributed by atoms with Gasteiger partial charge in [-0.1, -0.05) is 208 Å². The highest BCUT2D eigenvalue weighted by Crippen LogP contribution is 2.62. The normalized spacial score (nSPS) is 22.0. The summed E-state index contributed by atoms with van der Waals surface area (Å²) in [5, 5.41) is 0. The van der Waals surface area contributed by atoms with E-state index >= 15 is 0 Å². The van der Waals surface area contributed by atoms with Crippen LogP contribution in [0.4, 0.5) is 45.5 Å². The minimum absolute atomic E-state index is 0.00650. The highest BCUT2D eigenvalue weighted by molar-refractivity contribution is 7.00. The number of hydrogen-bond donors (Lipinski definition) is 0. The number of anilines is 8. The van der Waals surface area contributed by atoms with Gasteiger partial charge in [-0.15, -0.1) is 0 Å². The molecule has 0 N–H and O–H groups in total. The summed E-state index contributed by atoms with van der Waals surface area (Å²) >= 11 is 0. The molecular weight excluding hydrogens is 930 g/mol. The minimum atomic E-state index is -0.148. The fourth-order valence-corrected chi connectivity index (χ4v) is 15.8. The minimum Gasteiger partial charge on any atom is -0.334 e. The number of rotatable bonds is 6. The van der Waals surface area contributed by atoms with Gasteiger partial charge < -0.3 is 14.7 Å². The van der Waals surface area contributed by atoms with Gasteiger partial charge in [0.15, 0.2) is 0 Å². The lowest BCUT2D eigenvalue weighted by Gasteiger charge is -2.51. The van der Waals surface area contributed by atoms with Crippen molar-refractivity contribution in [3.63, 3.8) is 0 Å². The van der Waals surface area contributed by atoms with Crippen LogP contribution in [0.15, 0.2) is 194 Å². The second kappa shape index (κ2) is 17.1. The first-order chi connectivity index (χ1) is 37.0. The first kappa shape index (κ1) is 48.1. The molecule has 14 rings (SSSR count). The zero-order valence-corrected chi connectivity index (χ0v) is 46.7. The quantitative estimate of drug-likeness (QED) is 0.154. The van der Waals surface area contributed by atoms with Crippen molar-refractivity contribution < 1.29 is 0 Å². The predicted octanol–water partition coefficient (Wildman–Crippen LogP) is 17.7. The van der Waals surface area contributed by atoms with Crippen LogP contribution in [0.5, 0.6) is 0 Å². The molecule has 3 aliphatic heterocycles. The van der Waals surface area contributed by atoms with E-state index in [1.807, 2.05) is 0 Å². The van der Waals surface area contributed by atoms with Crippen molar-refractivity contribution in [1.29, 1.82) is 0 Å². The molecule has 3 aliphatic carbocycles. The molecular formula is C73H72BN3. The van der Waals surface area contributed by atoms with E-state index in [1.165, 1.54) is 131 Å². The van der Waals surface area contributed by atoms with Crippen molar-refractivity contribution in [3.05, 3.63) is 222 Å². The van der Waals surface area contributed by atoms with E-state index in [4.69, 9.17) is 0 Å². The Kier molecular flexibility index (Phi) is 10.7. The fraction of sp³-hybridized carbons (Fsp3) is 0.288. The van der Waals surface area contributed by atoms with Crippen LogP contribution in [0.1, 0.15) is 135 Å². The summed E-state index contributed by atoms with van der Waals surface area (Å²) in [4.78, 5) is 8.24. The summed E-state index contributed by atoms with van der Waals surface area (Å²) < 4.78 is 0. The van der Waals surface area contributed by atoms with Crippen LogP contribution in [-0.4, -0.2) is 12.3 Å². The van der Waals surface area contributed by atoms with Crippen LogP contribution < -0.4 is 31.1 Å². The topological polar surface area (TPSA) is 9.72 Å². The highest BCUT2D eigenvalue weighted by atomic mass is 15.3. The monoisotopic (exact) mass is 1000 g/mol. The zero-order chi connectivity index (χ0) is 52.8. The Labute approximate surface area is 459 Å². The summed E-state index contributed by atoms with van der Waals surface area (Å²) in [5.41, 5.74) is 26.0. The van der Waals surface area contributed by atoms with Gasteiger partial charge in [-0.25, -0.2) is 0 Å². The van der Waals surface area contributed by atoms with E-state index in [9.17, 15) is 0 Å². The highest BCUT2D eigenvalue weighted by Gasteiger charge is 2.58. The molecule has 6 aliphatic rings. The molecule has 0 saturated heterocycles. The van der Waals surface area contributed by atoms with Gasteiger partial charge in [0.2, 0.25) is 0 Å². The first-order valence-electron chi connectivity index (χ1n) is 28.7.